The van der Waals surface area contributed by atoms with Gasteiger partial charge in [0.2, 0.25) is 6.41 Å². The molecule has 1 aromatic heterocycles. The third-order valence-corrected chi connectivity index (χ3v) is 6.10. The number of hydrogen-bond acceptors (Lipinski definition) is 6. The van der Waals surface area contributed by atoms with Crippen LogP contribution < -0.4 is 5.32 Å². The summed E-state index contributed by atoms with van der Waals surface area (Å²) >= 11 is 1.47. The van der Waals surface area contributed by atoms with Crippen molar-refractivity contribution in [3.63, 3.8) is 0 Å². The minimum Gasteiger partial charge on any atom is -0.458 e. The summed E-state index contributed by atoms with van der Waals surface area (Å²) < 4.78 is 5.34. The SMILES string of the molecule is C[C@H](OC(=O)C(Cc1cccs1)NC=O)[C@@H](O)C(=O)N1CCCc2ccccc2C1. The summed E-state index contributed by atoms with van der Waals surface area (Å²) in [6, 6.07) is 10.8. The Bertz CT molecular complexity index is 870. The molecule has 3 atom stereocenters. The largest absolute Gasteiger partial charge is 0.458 e. The van der Waals surface area contributed by atoms with Crippen LogP contribution in [-0.4, -0.2) is 53.1 Å². The molecule has 2 amide bonds. The van der Waals surface area contributed by atoms with Gasteiger partial charge in [0, 0.05) is 24.4 Å². The molecule has 2 heterocycles. The van der Waals surface area contributed by atoms with Gasteiger partial charge in [-0.25, -0.2) is 4.79 Å². The molecule has 1 aliphatic rings. The summed E-state index contributed by atoms with van der Waals surface area (Å²) in [5.74, 6) is -1.15. The van der Waals surface area contributed by atoms with E-state index in [-0.39, 0.29) is 6.42 Å². The van der Waals surface area contributed by atoms with E-state index in [4.69, 9.17) is 4.74 Å². The molecule has 0 aliphatic carbocycles. The average molecular weight is 431 g/mol. The minimum absolute atomic E-state index is 0.287. The zero-order valence-corrected chi connectivity index (χ0v) is 17.6. The second-order valence-electron chi connectivity index (χ2n) is 7.34. The molecule has 0 bridgehead atoms. The van der Waals surface area contributed by atoms with Gasteiger partial charge in [-0.05, 0) is 42.3 Å². The Labute approximate surface area is 179 Å². The van der Waals surface area contributed by atoms with Gasteiger partial charge in [-0.15, -0.1) is 11.3 Å². The highest BCUT2D eigenvalue weighted by molar-refractivity contribution is 7.09. The van der Waals surface area contributed by atoms with E-state index in [1.165, 1.54) is 23.8 Å². The summed E-state index contributed by atoms with van der Waals surface area (Å²) in [6.07, 6.45) is -0.103. The van der Waals surface area contributed by atoms with Crippen LogP contribution in [0, 0.1) is 0 Å². The molecule has 3 rings (SSSR count). The number of carbonyl (C=O) groups is 3. The lowest BCUT2D eigenvalue weighted by molar-refractivity contribution is -0.163. The predicted octanol–water partition coefficient (Wildman–Crippen LogP) is 1.67. The molecule has 1 aromatic carbocycles. The molecule has 8 heteroatoms. The molecule has 0 saturated carbocycles. The summed E-state index contributed by atoms with van der Waals surface area (Å²) in [4.78, 5) is 38.8. The van der Waals surface area contributed by atoms with Crippen LogP contribution in [0.1, 0.15) is 29.3 Å². The van der Waals surface area contributed by atoms with Crippen molar-refractivity contribution in [3.8, 4) is 0 Å². The summed E-state index contributed by atoms with van der Waals surface area (Å²) in [5, 5.41) is 14.9. The van der Waals surface area contributed by atoms with Gasteiger partial charge in [0.1, 0.15) is 12.1 Å². The van der Waals surface area contributed by atoms with Crippen LogP contribution in [0.4, 0.5) is 0 Å². The zero-order valence-electron chi connectivity index (χ0n) is 16.8. The number of rotatable bonds is 8. The van der Waals surface area contributed by atoms with Gasteiger partial charge in [0.15, 0.2) is 6.10 Å². The van der Waals surface area contributed by atoms with Crippen molar-refractivity contribution < 1.29 is 24.2 Å². The van der Waals surface area contributed by atoms with E-state index < -0.39 is 30.1 Å². The third kappa shape index (κ3) is 5.46. The van der Waals surface area contributed by atoms with Crippen molar-refractivity contribution in [2.24, 2.45) is 0 Å². The Morgan fingerprint density at radius 2 is 2.03 bits per heavy atom. The monoisotopic (exact) mass is 430 g/mol. The highest BCUT2D eigenvalue weighted by Crippen LogP contribution is 2.20. The van der Waals surface area contributed by atoms with Crippen LogP contribution in [-0.2, 0) is 38.5 Å². The van der Waals surface area contributed by atoms with Crippen molar-refractivity contribution in [1.29, 1.82) is 0 Å². The lowest BCUT2D eigenvalue weighted by atomic mass is 10.0. The van der Waals surface area contributed by atoms with Gasteiger partial charge in [0.25, 0.3) is 5.91 Å². The van der Waals surface area contributed by atoms with Gasteiger partial charge < -0.3 is 20.1 Å². The smallest absolute Gasteiger partial charge is 0.329 e. The molecule has 0 spiro atoms. The molecule has 7 nitrogen and oxygen atoms in total. The molecule has 30 heavy (non-hydrogen) atoms. The first-order chi connectivity index (χ1) is 14.5. The Kier molecular flexibility index (Phi) is 7.59. The Hall–Kier alpha value is -2.71. The summed E-state index contributed by atoms with van der Waals surface area (Å²) in [6.45, 7) is 2.43. The number of esters is 1. The molecular weight excluding hydrogens is 404 g/mol. The highest BCUT2D eigenvalue weighted by atomic mass is 32.1. The number of aryl methyl sites for hydroxylation is 1. The number of nitrogens with one attached hydrogen (secondary N) is 1. The molecular formula is C22H26N2O5S. The average Bonchev–Trinajstić information content (AvgIpc) is 3.16. The minimum atomic E-state index is -1.47. The van der Waals surface area contributed by atoms with E-state index >= 15 is 0 Å². The predicted molar refractivity (Wildman–Crippen MR) is 113 cm³/mol. The maximum Gasteiger partial charge on any atom is 0.329 e. The molecule has 160 valence electrons. The van der Waals surface area contributed by atoms with Crippen LogP contribution in [0.25, 0.3) is 0 Å². The van der Waals surface area contributed by atoms with Crippen LogP contribution in [0.3, 0.4) is 0 Å². The first kappa shape index (κ1) is 22.0. The normalized spacial score (nSPS) is 16.5. The number of benzene rings is 1. The van der Waals surface area contributed by atoms with Gasteiger partial charge in [-0.2, -0.15) is 0 Å². The molecule has 2 N–H and O–H groups in total. The second-order valence-corrected chi connectivity index (χ2v) is 8.37. The molecule has 0 saturated heterocycles. The number of carbonyl (C=O) groups excluding carboxylic acids is 3. The first-order valence-electron chi connectivity index (χ1n) is 9.95. The Morgan fingerprint density at radius 3 is 2.73 bits per heavy atom. The fourth-order valence-electron chi connectivity index (χ4n) is 3.53. The number of nitrogens with zero attached hydrogens (tertiary/aromatic N) is 1. The Morgan fingerprint density at radius 1 is 1.27 bits per heavy atom. The maximum atomic E-state index is 12.8. The Balaban J connectivity index is 1.61. The van der Waals surface area contributed by atoms with Crippen molar-refractivity contribution in [2.45, 2.75) is 51.0 Å². The van der Waals surface area contributed by atoms with Gasteiger partial charge in [-0.1, -0.05) is 30.3 Å². The van der Waals surface area contributed by atoms with Crippen LogP contribution >= 0.6 is 11.3 Å². The van der Waals surface area contributed by atoms with E-state index in [1.807, 2.05) is 35.7 Å². The fourth-order valence-corrected chi connectivity index (χ4v) is 4.28. The van der Waals surface area contributed by atoms with Crippen LogP contribution in [0.15, 0.2) is 41.8 Å². The molecule has 1 aliphatic heterocycles. The first-order valence-corrected chi connectivity index (χ1v) is 10.8. The molecule has 0 radical (unpaired) electrons. The molecule has 2 aromatic rings. The number of hydrogen-bond donors (Lipinski definition) is 2. The number of aliphatic hydroxyl groups excluding tert-OH is 1. The molecule has 1 unspecified atom stereocenters. The number of thiophene rings is 1. The lowest BCUT2D eigenvalue weighted by Crippen LogP contribution is -2.47. The second kappa shape index (κ2) is 10.4. The number of amides is 2. The van der Waals surface area contributed by atoms with E-state index in [9.17, 15) is 19.5 Å². The number of aliphatic hydroxyl groups is 1. The van der Waals surface area contributed by atoms with Crippen molar-refractivity contribution in [2.75, 3.05) is 6.54 Å². The molecule has 0 fully saturated rings. The van der Waals surface area contributed by atoms with Gasteiger partial charge in [0.05, 0.1) is 0 Å². The topological polar surface area (TPSA) is 95.9 Å². The zero-order chi connectivity index (χ0) is 21.5. The fraction of sp³-hybridized carbons (Fsp3) is 0.409. The highest BCUT2D eigenvalue weighted by Gasteiger charge is 2.32. The van der Waals surface area contributed by atoms with E-state index in [0.717, 1.165) is 23.3 Å². The number of ether oxygens (including phenoxy) is 1. The maximum absolute atomic E-state index is 12.8. The van der Waals surface area contributed by atoms with Crippen LogP contribution in [0.2, 0.25) is 0 Å². The summed E-state index contributed by atoms with van der Waals surface area (Å²) in [5.41, 5.74) is 2.27. The van der Waals surface area contributed by atoms with E-state index in [1.54, 1.807) is 4.90 Å². The van der Waals surface area contributed by atoms with Gasteiger partial charge >= 0.3 is 5.97 Å². The van der Waals surface area contributed by atoms with E-state index in [0.29, 0.717) is 19.5 Å². The van der Waals surface area contributed by atoms with Crippen molar-refractivity contribution in [1.82, 2.24) is 10.2 Å². The van der Waals surface area contributed by atoms with Crippen molar-refractivity contribution >= 4 is 29.6 Å². The van der Waals surface area contributed by atoms with E-state index in [2.05, 4.69) is 11.4 Å². The standard InChI is InChI=1S/C22H26N2O5S/c1-15(29-22(28)19(23-14-25)12-18-9-5-11-30-18)20(26)21(27)24-10-4-8-16-6-2-3-7-17(16)13-24/h2-3,5-7,9,11,14-15,19-20,26H,4,8,10,12-13H2,1H3,(H,23,25)/t15-,19?,20+/m0/s1. The van der Waals surface area contributed by atoms with Crippen LogP contribution in [0.5, 0.6) is 0 Å². The lowest BCUT2D eigenvalue weighted by Gasteiger charge is -2.27. The number of fused-ring (bicyclic) bond motifs is 1. The van der Waals surface area contributed by atoms with Gasteiger partial charge in [-0.3, -0.25) is 9.59 Å². The van der Waals surface area contributed by atoms with Crippen molar-refractivity contribution in [3.05, 3.63) is 57.8 Å². The summed E-state index contributed by atoms with van der Waals surface area (Å²) in [7, 11) is 0. The quantitative estimate of drug-likeness (QED) is 0.491. The third-order valence-electron chi connectivity index (χ3n) is 5.20.